The summed E-state index contributed by atoms with van der Waals surface area (Å²) in [6.07, 6.45) is 2.90. The Bertz CT molecular complexity index is 194. The van der Waals surface area contributed by atoms with Crippen molar-refractivity contribution in [3.05, 3.63) is 0 Å². The van der Waals surface area contributed by atoms with Crippen LogP contribution >= 0.6 is 12.4 Å². The highest BCUT2D eigenvalue weighted by Gasteiger charge is 2.14. The molecule has 4 nitrogen and oxygen atoms in total. The molecule has 1 aliphatic heterocycles. The molecule has 0 bridgehead atoms. The van der Waals surface area contributed by atoms with Gasteiger partial charge in [-0.05, 0) is 33.2 Å². The van der Waals surface area contributed by atoms with Crippen molar-refractivity contribution in [1.29, 1.82) is 0 Å². The lowest BCUT2D eigenvalue weighted by Gasteiger charge is -2.23. The molecule has 1 aliphatic rings. The van der Waals surface area contributed by atoms with Crippen molar-refractivity contribution in [2.24, 2.45) is 0 Å². The number of ether oxygens (including phenoxy) is 1. The van der Waals surface area contributed by atoms with Crippen LogP contribution in [0.4, 0.5) is 0 Å². The van der Waals surface area contributed by atoms with E-state index in [2.05, 4.69) is 10.6 Å². The van der Waals surface area contributed by atoms with Crippen molar-refractivity contribution >= 4 is 18.3 Å². The van der Waals surface area contributed by atoms with Crippen LogP contribution in [-0.4, -0.2) is 37.7 Å². The summed E-state index contributed by atoms with van der Waals surface area (Å²) >= 11 is 0. The fourth-order valence-corrected chi connectivity index (χ4v) is 1.66. The van der Waals surface area contributed by atoms with E-state index in [-0.39, 0.29) is 24.4 Å². The van der Waals surface area contributed by atoms with E-state index in [9.17, 15) is 4.79 Å². The molecule has 0 aromatic carbocycles. The number of hydrogen-bond donors (Lipinski definition) is 2. The smallest absolute Gasteiger partial charge is 0.222 e. The van der Waals surface area contributed by atoms with Crippen molar-refractivity contribution in [2.75, 3.05) is 19.7 Å². The van der Waals surface area contributed by atoms with Crippen LogP contribution in [-0.2, 0) is 9.53 Å². The van der Waals surface area contributed by atoms with Crippen LogP contribution in [0.25, 0.3) is 0 Å². The van der Waals surface area contributed by atoms with Gasteiger partial charge in [0.05, 0.1) is 12.7 Å². The molecule has 1 unspecified atom stereocenters. The van der Waals surface area contributed by atoms with E-state index in [4.69, 9.17) is 4.74 Å². The van der Waals surface area contributed by atoms with E-state index in [1.165, 1.54) is 0 Å². The molecule has 1 saturated heterocycles. The lowest BCUT2D eigenvalue weighted by atomic mass is 10.1. The fraction of sp³-hybridized carbons (Fsp3) is 0.909. The van der Waals surface area contributed by atoms with E-state index in [1.54, 1.807) is 0 Å². The van der Waals surface area contributed by atoms with Crippen LogP contribution in [0.2, 0.25) is 0 Å². The first kappa shape index (κ1) is 15.7. The zero-order valence-corrected chi connectivity index (χ0v) is 10.9. The summed E-state index contributed by atoms with van der Waals surface area (Å²) in [5.41, 5.74) is 0. The molecular formula is C11H23ClN2O2. The summed E-state index contributed by atoms with van der Waals surface area (Å²) in [4.78, 5) is 11.5. The number of hydrogen-bond acceptors (Lipinski definition) is 3. The second-order valence-electron chi connectivity index (χ2n) is 4.28. The normalized spacial score (nSPS) is 20.3. The van der Waals surface area contributed by atoms with Gasteiger partial charge >= 0.3 is 0 Å². The average molecular weight is 251 g/mol. The Labute approximate surface area is 104 Å². The third-order valence-electron chi connectivity index (χ3n) is 2.44. The Morgan fingerprint density at radius 3 is 2.88 bits per heavy atom. The van der Waals surface area contributed by atoms with E-state index >= 15 is 0 Å². The Morgan fingerprint density at radius 2 is 2.31 bits per heavy atom. The summed E-state index contributed by atoms with van der Waals surface area (Å²) in [6, 6.07) is 0.310. The van der Waals surface area contributed by atoms with Crippen molar-refractivity contribution in [2.45, 2.75) is 45.3 Å². The van der Waals surface area contributed by atoms with Crippen molar-refractivity contribution < 1.29 is 9.53 Å². The maximum absolute atomic E-state index is 11.5. The van der Waals surface area contributed by atoms with E-state index in [0.29, 0.717) is 19.1 Å². The fourth-order valence-electron chi connectivity index (χ4n) is 1.66. The van der Waals surface area contributed by atoms with Crippen LogP contribution < -0.4 is 10.6 Å². The Morgan fingerprint density at radius 1 is 1.56 bits per heavy atom. The topological polar surface area (TPSA) is 50.4 Å². The van der Waals surface area contributed by atoms with Gasteiger partial charge in [0.15, 0.2) is 0 Å². The zero-order valence-electron chi connectivity index (χ0n) is 10.1. The van der Waals surface area contributed by atoms with Gasteiger partial charge in [0, 0.05) is 19.0 Å². The molecule has 0 spiro atoms. The molecular weight excluding hydrogens is 228 g/mol. The largest absolute Gasteiger partial charge is 0.378 e. The van der Waals surface area contributed by atoms with Crippen molar-refractivity contribution in [1.82, 2.24) is 10.6 Å². The van der Waals surface area contributed by atoms with E-state index in [0.717, 1.165) is 25.9 Å². The highest BCUT2D eigenvalue weighted by Crippen LogP contribution is 2.01. The average Bonchev–Trinajstić information content (AvgIpc) is 2.18. The first-order chi connectivity index (χ1) is 7.18. The number of piperidine rings is 1. The van der Waals surface area contributed by atoms with Gasteiger partial charge in [-0.15, -0.1) is 12.4 Å². The maximum Gasteiger partial charge on any atom is 0.222 e. The van der Waals surface area contributed by atoms with Gasteiger partial charge in [-0.3, -0.25) is 4.79 Å². The molecule has 1 heterocycles. The second-order valence-corrected chi connectivity index (χ2v) is 4.28. The van der Waals surface area contributed by atoms with Gasteiger partial charge in [0.1, 0.15) is 0 Å². The predicted molar refractivity (Wildman–Crippen MR) is 67.0 cm³/mol. The first-order valence-electron chi connectivity index (χ1n) is 5.80. The lowest BCUT2D eigenvalue weighted by molar-refractivity contribution is -0.123. The summed E-state index contributed by atoms with van der Waals surface area (Å²) in [7, 11) is 0. The van der Waals surface area contributed by atoms with Gasteiger partial charge in [0.25, 0.3) is 0 Å². The Hall–Kier alpha value is -0.320. The van der Waals surface area contributed by atoms with Crippen LogP contribution in [0.1, 0.15) is 33.1 Å². The van der Waals surface area contributed by atoms with Crippen LogP contribution in [0.5, 0.6) is 0 Å². The van der Waals surface area contributed by atoms with Gasteiger partial charge in [-0.25, -0.2) is 0 Å². The quantitative estimate of drug-likeness (QED) is 0.768. The monoisotopic (exact) mass is 250 g/mol. The number of rotatable bonds is 5. The highest BCUT2D eigenvalue weighted by atomic mass is 35.5. The Balaban J connectivity index is 0.00000225. The molecule has 1 fully saturated rings. The first-order valence-corrected chi connectivity index (χ1v) is 5.80. The molecule has 0 aromatic heterocycles. The predicted octanol–water partition coefficient (Wildman–Crippen LogP) is 1.09. The SMILES string of the molecule is CC(C)OCCC(=O)NC1CCCNC1.Cl. The van der Waals surface area contributed by atoms with Crippen LogP contribution in [0, 0.1) is 0 Å². The standard InChI is InChI=1S/C11H22N2O2.ClH/c1-9(2)15-7-5-11(14)13-10-4-3-6-12-8-10;/h9-10,12H,3-8H2,1-2H3,(H,13,14);1H. The second kappa shape index (κ2) is 8.79. The summed E-state index contributed by atoms with van der Waals surface area (Å²) in [6.45, 7) is 6.44. The molecule has 1 atom stereocenters. The molecule has 5 heteroatoms. The molecule has 0 radical (unpaired) electrons. The Kier molecular flexibility index (Phi) is 8.61. The minimum absolute atomic E-state index is 0. The summed E-state index contributed by atoms with van der Waals surface area (Å²) in [5, 5.41) is 6.28. The van der Waals surface area contributed by atoms with Crippen LogP contribution in [0.15, 0.2) is 0 Å². The van der Waals surface area contributed by atoms with Crippen molar-refractivity contribution in [3.8, 4) is 0 Å². The lowest BCUT2D eigenvalue weighted by Crippen LogP contribution is -2.45. The molecule has 0 aliphatic carbocycles. The molecule has 0 saturated carbocycles. The maximum atomic E-state index is 11.5. The van der Waals surface area contributed by atoms with Gasteiger partial charge in [0.2, 0.25) is 5.91 Å². The molecule has 2 N–H and O–H groups in total. The third-order valence-corrected chi connectivity index (χ3v) is 2.44. The number of carbonyl (C=O) groups is 1. The van der Waals surface area contributed by atoms with Gasteiger partial charge in [-0.2, -0.15) is 0 Å². The minimum Gasteiger partial charge on any atom is -0.378 e. The number of halogens is 1. The highest BCUT2D eigenvalue weighted by molar-refractivity contribution is 5.85. The summed E-state index contributed by atoms with van der Waals surface area (Å²) < 4.78 is 5.33. The van der Waals surface area contributed by atoms with Crippen molar-refractivity contribution in [3.63, 3.8) is 0 Å². The number of carbonyl (C=O) groups excluding carboxylic acids is 1. The van der Waals surface area contributed by atoms with Gasteiger partial charge < -0.3 is 15.4 Å². The van der Waals surface area contributed by atoms with E-state index in [1.807, 2.05) is 13.8 Å². The summed E-state index contributed by atoms with van der Waals surface area (Å²) in [5.74, 6) is 0.101. The molecule has 0 aromatic rings. The molecule has 16 heavy (non-hydrogen) atoms. The molecule has 1 amide bonds. The molecule has 1 rings (SSSR count). The molecule has 96 valence electrons. The van der Waals surface area contributed by atoms with E-state index < -0.39 is 0 Å². The minimum atomic E-state index is 0. The number of nitrogens with one attached hydrogen (secondary N) is 2. The number of amides is 1. The van der Waals surface area contributed by atoms with Crippen LogP contribution in [0.3, 0.4) is 0 Å². The van der Waals surface area contributed by atoms with Gasteiger partial charge in [-0.1, -0.05) is 0 Å². The third kappa shape index (κ3) is 7.04. The zero-order chi connectivity index (χ0) is 11.1.